The first-order chi connectivity index (χ1) is 15.9. The number of nitrogens with one attached hydrogen (secondary N) is 1. The van der Waals surface area contributed by atoms with Gasteiger partial charge in [-0.05, 0) is 69.2 Å². The minimum atomic E-state index is -0.304. The van der Waals surface area contributed by atoms with Gasteiger partial charge < -0.3 is 14.5 Å². The van der Waals surface area contributed by atoms with Crippen LogP contribution >= 0.6 is 39.1 Å². The van der Waals surface area contributed by atoms with Gasteiger partial charge in [0.2, 0.25) is 5.89 Å². The summed E-state index contributed by atoms with van der Waals surface area (Å²) >= 11 is 15.8. The van der Waals surface area contributed by atoms with Crippen LogP contribution in [0.4, 0.5) is 5.69 Å². The van der Waals surface area contributed by atoms with E-state index in [9.17, 15) is 4.79 Å². The van der Waals surface area contributed by atoms with Crippen LogP contribution in [-0.4, -0.2) is 18.0 Å². The molecule has 0 aliphatic heterocycles. The van der Waals surface area contributed by atoms with Crippen molar-refractivity contribution < 1.29 is 13.9 Å². The number of halogens is 3. The first-order valence-corrected chi connectivity index (χ1v) is 11.4. The number of nitrogens with zero attached hydrogens (tertiary/aromatic N) is 1. The Morgan fingerprint density at radius 1 is 1.06 bits per heavy atom. The van der Waals surface area contributed by atoms with Crippen molar-refractivity contribution >= 4 is 72.6 Å². The monoisotopic (exact) mass is 540 g/mol. The molecule has 0 saturated heterocycles. The number of benzene rings is 4. The normalized spacial score (nSPS) is 11.2. The molecule has 0 spiro atoms. The van der Waals surface area contributed by atoms with Crippen molar-refractivity contribution in [1.82, 2.24) is 4.98 Å². The number of rotatable bonds is 4. The average molecular weight is 542 g/mol. The van der Waals surface area contributed by atoms with Crippen LogP contribution < -0.4 is 10.1 Å². The number of oxazole rings is 1. The Balaban J connectivity index is 1.49. The molecule has 5 nitrogen and oxygen atoms in total. The number of carbonyl (C=O) groups excluding carboxylic acids is 1. The summed E-state index contributed by atoms with van der Waals surface area (Å²) in [6.07, 6.45) is 0. The van der Waals surface area contributed by atoms with Crippen LogP contribution in [0.25, 0.3) is 33.3 Å². The zero-order valence-corrected chi connectivity index (χ0v) is 20.3. The van der Waals surface area contributed by atoms with E-state index in [1.807, 2.05) is 30.3 Å². The second kappa shape index (κ2) is 8.71. The molecule has 5 aromatic rings. The van der Waals surface area contributed by atoms with Crippen LogP contribution in [0.1, 0.15) is 10.4 Å². The summed E-state index contributed by atoms with van der Waals surface area (Å²) in [7, 11) is 1.54. The molecule has 0 radical (unpaired) electrons. The van der Waals surface area contributed by atoms with Crippen molar-refractivity contribution in [2.45, 2.75) is 0 Å². The molecular weight excluding hydrogens is 527 g/mol. The smallest absolute Gasteiger partial charge is 0.259 e. The van der Waals surface area contributed by atoms with Crippen LogP contribution in [0.2, 0.25) is 10.0 Å². The highest BCUT2D eigenvalue weighted by molar-refractivity contribution is 9.10. The largest absolute Gasteiger partial charge is 0.495 e. The Labute approximate surface area is 207 Å². The van der Waals surface area contributed by atoms with E-state index < -0.39 is 0 Å². The predicted octanol–water partition coefficient (Wildman–Crippen LogP) is 7.98. The molecule has 1 N–H and O–H groups in total. The molecule has 164 valence electrons. The SMILES string of the molecule is COc1c(C(=O)Nc2ccc3oc(-c4ccc(Cl)cc4Cl)nc3c2)cc2ccccc2c1Br. The fraction of sp³-hybridized carbons (Fsp3) is 0.0400. The Morgan fingerprint density at radius 3 is 2.67 bits per heavy atom. The molecule has 0 aliphatic carbocycles. The summed E-state index contributed by atoms with van der Waals surface area (Å²) in [6, 6.07) is 19.9. The Hall–Kier alpha value is -3.06. The molecule has 33 heavy (non-hydrogen) atoms. The molecule has 1 heterocycles. The number of hydrogen-bond acceptors (Lipinski definition) is 4. The minimum absolute atomic E-state index is 0.304. The van der Waals surface area contributed by atoms with Crippen LogP contribution in [0.5, 0.6) is 5.75 Å². The summed E-state index contributed by atoms with van der Waals surface area (Å²) in [6.45, 7) is 0. The highest BCUT2D eigenvalue weighted by Gasteiger charge is 2.19. The third-order valence-corrected chi connectivity index (χ3v) is 6.53. The lowest BCUT2D eigenvalue weighted by Crippen LogP contribution is -2.13. The fourth-order valence-corrected chi connectivity index (χ4v) is 4.86. The number of anilines is 1. The molecule has 0 aliphatic rings. The van der Waals surface area contributed by atoms with Gasteiger partial charge in [-0.3, -0.25) is 4.79 Å². The minimum Gasteiger partial charge on any atom is -0.495 e. The topological polar surface area (TPSA) is 64.4 Å². The molecule has 1 amide bonds. The zero-order valence-electron chi connectivity index (χ0n) is 17.2. The van der Waals surface area contributed by atoms with Gasteiger partial charge in [0.15, 0.2) is 5.58 Å². The van der Waals surface area contributed by atoms with Crippen molar-refractivity contribution in [3.05, 3.63) is 86.8 Å². The second-order valence-electron chi connectivity index (χ2n) is 7.27. The third kappa shape index (κ3) is 4.06. The molecule has 0 bridgehead atoms. The molecular formula is C25H15BrCl2N2O3. The average Bonchev–Trinajstić information content (AvgIpc) is 3.22. The summed E-state index contributed by atoms with van der Waals surface area (Å²) in [5.41, 5.74) is 2.77. The summed E-state index contributed by atoms with van der Waals surface area (Å²) in [5.74, 6) is 0.533. The van der Waals surface area contributed by atoms with E-state index in [0.29, 0.717) is 49.6 Å². The Morgan fingerprint density at radius 2 is 1.88 bits per heavy atom. The van der Waals surface area contributed by atoms with E-state index in [0.717, 1.165) is 15.2 Å². The lowest BCUT2D eigenvalue weighted by molar-refractivity contribution is 0.102. The number of hydrogen-bond donors (Lipinski definition) is 1. The molecule has 5 rings (SSSR count). The van der Waals surface area contributed by atoms with E-state index in [2.05, 4.69) is 26.2 Å². The van der Waals surface area contributed by atoms with Crippen molar-refractivity contribution in [2.75, 3.05) is 12.4 Å². The van der Waals surface area contributed by atoms with E-state index >= 15 is 0 Å². The number of aromatic nitrogens is 1. The first kappa shape index (κ1) is 21.8. The first-order valence-electron chi connectivity index (χ1n) is 9.87. The van der Waals surface area contributed by atoms with E-state index in [1.54, 1.807) is 36.4 Å². The highest BCUT2D eigenvalue weighted by atomic mass is 79.9. The zero-order chi connectivity index (χ0) is 23.1. The lowest BCUT2D eigenvalue weighted by atomic mass is 10.1. The van der Waals surface area contributed by atoms with Crippen LogP contribution in [-0.2, 0) is 0 Å². The maximum absolute atomic E-state index is 13.1. The van der Waals surface area contributed by atoms with E-state index in [4.69, 9.17) is 32.4 Å². The number of fused-ring (bicyclic) bond motifs is 2. The van der Waals surface area contributed by atoms with Crippen LogP contribution in [0, 0.1) is 0 Å². The quantitative estimate of drug-likeness (QED) is 0.250. The Bertz CT molecular complexity index is 1550. The molecule has 0 atom stereocenters. The maximum Gasteiger partial charge on any atom is 0.259 e. The maximum atomic E-state index is 13.1. The van der Waals surface area contributed by atoms with Gasteiger partial charge in [0.25, 0.3) is 5.91 Å². The summed E-state index contributed by atoms with van der Waals surface area (Å²) in [5, 5.41) is 5.77. The summed E-state index contributed by atoms with van der Waals surface area (Å²) in [4.78, 5) is 17.7. The van der Waals surface area contributed by atoms with Crippen molar-refractivity contribution in [3.8, 4) is 17.2 Å². The van der Waals surface area contributed by atoms with Gasteiger partial charge in [-0.2, -0.15) is 0 Å². The van der Waals surface area contributed by atoms with Gasteiger partial charge in [-0.1, -0.05) is 47.5 Å². The molecule has 1 aromatic heterocycles. The summed E-state index contributed by atoms with van der Waals surface area (Å²) < 4.78 is 12.1. The fourth-order valence-electron chi connectivity index (χ4n) is 3.63. The van der Waals surface area contributed by atoms with Gasteiger partial charge in [0.05, 0.1) is 27.7 Å². The van der Waals surface area contributed by atoms with Gasteiger partial charge in [0, 0.05) is 10.7 Å². The van der Waals surface area contributed by atoms with Gasteiger partial charge in [-0.25, -0.2) is 4.98 Å². The van der Waals surface area contributed by atoms with Crippen molar-refractivity contribution in [1.29, 1.82) is 0 Å². The number of carbonyl (C=O) groups is 1. The standard InChI is InChI=1S/C25H15BrCl2N2O3/c1-32-23-18(10-13-4-2-3-5-16(13)22(23)26)24(31)29-15-7-9-21-20(12-15)30-25(33-21)17-8-6-14(27)11-19(17)28/h2-12H,1H3,(H,29,31). The van der Waals surface area contributed by atoms with Gasteiger partial charge >= 0.3 is 0 Å². The van der Waals surface area contributed by atoms with E-state index in [-0.39, 0.29) is 5.91 Å². The van der Waals surface area contributed by atoms with Crippen molar-refractivity contribution in [3.63, 3.8) is 0 Å². The third-order valence-electron chi connectivity index (χ3n) is 5.20. The molecule has 0 unspecified atom stereocenters. The lowest BCUT2D eigenvalue weighted by Gasteiger charge is -2.13. The predicted molar refractivity (Wildman–Crippen MR) is 136 cm³/mol. The van der Waals surface area contributed by atoms with Gasteiger partial charge in [-0.15, -0.1) is 0 Å². The number of ether oxygens (including phenoxy) is 1. The Kier molecular flexibility index (Phi) is 5.74. The molecule has 8 heteroatoms. The number of methoxy groups -OCH3 is 1. The highest BCUT2D eigenvalue weighted by Crippen LogP contribution is 2.37. The van der Waals surface area contributed by atoms with Crippen LogP contribution in [0.3, 0.4) is 0 Å². The van der Waals surface area contributed by atoms with Gasteiger partial charge in [0.1, 0.15) is 11.3 Å². The second-order valence-corrected chi connectivity index (χ2v) is 8.91. The van der Waals surface area contributed by atoms with E-state index in [1.165, 1.54) is 7.11 Å². The number of amides is 1. The van der Waals surface area contributed by atoms with Crippen molar-refractivity contribution in [2.24, 2.45) is 0 Å². The molecule has 0 saturated carbocycles. The van der Waals surface area contributed by atoms with Crippen LogP contribution in [0.15, 0.2) is 75.6 Å². The molecule has 0 fully saturated rings. The molecule has 4 aromatic carbocycles.